The number of rotatable bonds is 5. The summed E-state index contributed by atoms with van der Waals surface area (Å²) in [6.07, 6.45) is 0. The minimum absolute atomic E-state index is 0.200. The van der Waals surface area contributed by atoms with Crippen LogP contribution in [0.5, 0.6) is 0 Å². The summed E-state index contributed by atoms with van der Waals surface area (Å²) in [4.78, 5) is 16.0. The van der Waals surface area contributed by atoms with Crippen molar-refractivity contribution in [1.82, 2.24) is 5.32 Å². The Kier molecular flexibility index (Phi) is 5.81. The van der Waals surface area contributed by atoms with Crippen LogP contribution in [0.25, 0.3) is 0 Å². The van der Waals surface area contributed by atoms with Gasteiger partial charge in [0.25, 0.3) is 5.91 Å². The van der Waals surface area contributed by atoms with Gasteiger partial charge in [-0.05, 0) is 53.6 Å². The SMILES string of the molecule is O=C(NCc1cccc(F)c1)c1ccc2c(c1)N(Cc1ccc(F)cc1)CCS2. The van der Waals surface area contributed by atoms with Crippen LogP contribution in [-0.2, 0) is 13.1 Å². The van der Waals surface area contributed by atoms with Crippen LogP contribution in [0.3, 0.4) is 0 Å². The fourth-order valence-electron chi connectivity index (χ4n) is 3.32. The van der Waals surface area contributed by atoms with Crippen molar-refractivity contribution in [3.8, 4) is 0 Å². The molecular formula is C23H20F2N2OS. The van der Waals surface area contributed by atoms with Crippen molar-refractivity contribution in [2.75, 3.05) is 17.2 Å². The van der Waals surface area contributed by atoms with E-state index in [1.54, 1.807) is 36.0 Å². The molecule has 29 heavy (non-hydrogen) atoms. The van der Waals surface area contributed by atoms with Crippen molar-refractivity contribution in [3.05, 3.63) is 95.1 Å². The molecule has 0 aliphatic carbocycles. The van der Waals surface area contributed by atoms with E-state index in [1.807, 2.05) is 18.2 Å². The Hall–Kier alpha value is -2.86. The van der Waals surface area contributed by atoms with Crippen LogP contribution >= 0.6 is 11.8 Å². The minimum Gasteiger partial charge on any atom is -0.365 e. The maximum atomic E-state index is 13.3. The zero-order valence-corrected chi connectivity index (χ0v) is 16.5. The number of amides is 1. The van der Waals surface area contributed by atoms with Crippen molar-refractivity contribution in [2.45, 2.75) is 18.0 Å². The molecule has 4 rings (SSSR count). The lowest BCUT2D eigenvalue weighted by Crippen LogP contribution is -2.29. The number of benzene rings is 3. The highest BCUT2D eigenvalue weighted by Crippen LogP contribution is 2.36. The van der Waals surface area contributed by atoms with E-state index in [0.717, 1.165) is 28.4 Å². The molecule has 0 aromatic heterocycles. The first-order valence-electron chi connectivity index (χ1n) is 9.37. The van der Waals surface area contributed by atoms with E-state index in [4.69, 9.17) is 0 Å². The van der Waals surface area contributed by atoms with Gasteiger partial charge in [0.15, 0.2) is 0 Å². The predicted molar refractivity (Wildman–Crippen MR) is 112 cm³/mol. The first-order chi connectivity index (χ1) is 14.1. The molecule has 6 heteroatoms. The lowest BCUT2D eigenvalue weighted by atomic mass is 10.1. The zero-order chi connectivity index (χ0) is 20.2. The van der Waals surface area contributed by atoms with Gasteiger partial charge in [-0.1, -0.05) is 24.3 Å². The molecule has 1 aliphatic heterocycles. The number of thioether (sulfide) groups is 1. The average molecular weight is 410 g/mol. The second-order valence-electron chi connectivity index (χ2n) is 6.89. The molecule has 0 atom stereocenters. The Morgan fingerprint density at radius 1 is 0.966 bits per heavy atom. The Balaban J connectivity index is 1.49. The first kappa shape index (κ1) is 19.5. The van der Waals surface area contributed by atoms with Crippen LogP contribution in [-0.4, -0.2) is 18.2 Å². The molecule has 148 valence electrons. The molecule has 0 spiro atoms. The molecule has 0 bridgehead atoms. The number of carbonyl (C=O) groups is 1. The maximum absolute atomic E-state index is 13.3. The van der Waals surface area contributed by atoms with Crippen molar-refractivity contribution in [1.29, 1.82) is 0 Å². The van der Waals surface area contributed by atoms with Crippen LogP contribution < -0.4 is 10.2 Å². The third-order valence-electron chi connectivity index (χ3n) is 4.81. The van der Waals surface area contributed by atoms with Gasteiger partial charge in [0, 0.05) is 35.8 Å². The summed E-state index contributed by atoms with van der Waals surface area (Å²) in [5, 5.41) is 2.85. The molecular weight excluding hydrogens is 390 g/mol. The highest BCUT2D eigenvalue weighted by molar-refractivity contribution is 7.99. The van der Waals surface area contributed by atoms with E-state index < -0.39 is 0 Å². The van der Waals surface area contributed by atoms with Crippen LogP contribution in [0.1, 0.15) is 21.5 Å². The van der Waals surface area contributed by atoms with Crippen LogP contribution in [0.2, 0.25) is 0 Å². The number of fused-ring (bicyclic) bond motifs is 1. The molecule has 1 amide bonds. The van der Waals surface area contributed by atoms with Gasteiger partial charge < -0.3 is 10.2 Å². The second-order valence-corrected chi connectivity index (χ2v) is 8.03. The number of hydrogen-bond donors (Lipinski definition) is 1. The Labute approximate surface area is 172 Å². The molecule has 0 fully saturated rings. The van der Waals surface area contributed by atoms with Crippen molar-refractivity contribution in [2.24, 2.45) is 0 Å². The summed E-state index contributed by atoms with van der Waals surface area (Å²) in [6, 6.07) is 18.4. The molecule has 3 nitrogen and oxygen atoms in total. The fraction of sp³-hybridized carbons (Fsp3) is 0.174. The summed E-state index contributed by atoms with van der Waals surface area (Å²) in [5.74, 6) is 0.188. The summed E-state index contributed by atoms with van der Waals surface area (Å²) >= 11 is 1.76. The van der Waals surface area contributed by atoms with Crippen LogP contribution in [0, 0.1) is 11.6 Å². The number of carbonyl (C=O) groups excluding carboxylic acids is 1. The largest absolute Gasteiger partial charge is 0.365 e. The van der Waals surface area contributed by atoms with E-state index in [0.29, 0.717) is 17.7 Å². The van der Waals surface area contributed by atoms with Gasteiger partial charge in [-0.25, -0.2) is 8.78 Å². The summed E-state index contributed by atoms with van der Waals surface area (Å²) < 4.78 is 26.5. The molecule has 0 radical (unpaired) electrons. The third kappa shape index (κ3) is 4.77. The fourth-order valence-corrected chi connectivity index (χ4v) is 4.35. The summed E-state index contributed by atoms with van der Waals surface area (Å²) in [6.45, 7) is 1.77. The Bertz CT molecular complexity index is 1020. The number of nitrogens with zero attached hydrogens (tertiary/aromatic N) is 1. The van der Waals surface area contributed by atoms with Gasteiger partial charge >= 0.3 is 0 Å². The van der Waals surface area contributed by atoms with Gasteiger partial charge in [-0.2, -0.15) is 0 Å². The summed E-state index contributed by atoms with van der Waals surface area (Å²) in [7, 11) is 0. The van der Waals surface area contributed by atoms with Crippen molar-refractivity contribution >= 4 is 23.4 Å². The zero-order valence-electron chi connectivity index (χ0n) is 15.7. The van der Waals surface area contributed by atoms with Gasteiger partial charge in [-0.15, -0.1) is 11.8 Å². The molecule has 0 unspecified atom stereocenters. The molecule has 0 saturated heterocycles. The minimum atomic E-state index is -0.320. The molecule has 3 aromatic carbocycles. The van der Waals surface area contributed by atoms with E-state index in [9.17, 15) is 13.6 Å². The highest BCUT2D eigenvalue weighted by Gasteiger charge is 2.19. The van der Waals surface area contributed by atoms with Gasteiger partial charge in [0.1, 0.15) is 11.6 Å². The van der Waals surface area contributed by atoms with Gasteiger partial charge in [-0.3, -0.25) is 4.79 Å². The molecule has 3 aromatic rings. The monoisotopic (exact) mass is 410 g/mol. The average Bonchev–Trinajstić information content (AvgIpc) is 2.73. The number of halogens is 2. The van der Waals surface area contributed by atoms with Crippen LogP contribution in [0.4, 0.5) is 14.5 Å². The van der Waals surface area contributed by atoms with Crippen molar-refractivity contribution < 1.29 is 13.6 Å². The van der Waals surface area contributed by atoms with E-state index in [2.05, 4.69) is 10.2 Å². The quantitative estimate of drug-likeness (QED) is 0.642. The molecule has 1 aliphatic rings. The smallest absolute Gasteiger partial charge is 0.251 e. The number of nitrogens with one attached hydrogen (secondary N) is 1. The normalized spacial score (nSPS) is 13.1. The first-order valence-corrected chi connectivity index (χ1v) is 10.4. The molecule has 1 heterocycles. The number of hydrogen-bond acceptors (Lipinski definition) is 3. The highest BCUT2D eigenvalue weighted by atomic mass is 32.2. The predicted octanol–water partition coefficient (Wildman–Crippen LogP) is 5.01. The van der Waals surface area contributed by atoms with E-state index in [-0.39, 0.29) is 24.1 Å². The van der Waals surface area contributed by atoms with Gasteiger partial charge in [0.05, 0.1) is 5.69 Å². The molecule has 1 N–H and O–H groups in total. The topological polar surface area (TPSA) is 32.3 Å². The lowest BCUT2D eigenvalue weighted by Gasteiger charge is -2.31. The summed E-state index contributed by atoms with van der Waals surface area (Å²) in [5.41, 5.74) is 3.30. The van der Waals surface area contributed by atoms with Gasteiger partial charge in [0.2, 0.25) is 0 Å². The Morgan fingerprint density at radius 2 is 1.79 bits per heavy atom. The molecule has 0 saturated carbocycles. The maximum Gasteiger partial charge on any atom is 0.251 e. The van der Waals surface area contributed by atoms with Crippen molar-refractivity contribution in [3.63, 3.8) is 0 Å². The number of anilines is 1. The Morgan fingerprint density at radius 3 is 2.59 bits per heavy atom. The van der Waals surface area contributed by atoms with Crippen LogP contribution in [0.15, 0.2) is 71.6 Å². The van der Waals surface area contributed by atoms with E-state index >= 15 is 0 Å². The second kappa shape index (κ2) is 8.66. The third-order valence-corrected chi connectivity index (χ3v) is 5.85. The van der Waals surface area contributed by atoms with E-state index in [1.165, 1.54) is 24.3 Å². The standard InChI is InChI=1S/C23H20F2N2OS/c24-19-7-4-16(5-8-19)15-27-10-11-29-22-9-6-18(13-21(22)27)23(28)26-14-17-2-1-3-20(25)12-17/h1-9,12-13H,10-11,14-15H2,(H,26,28). The lowest BCUT2D eigenvalue weighted by molar-refractivity contribution is 0.0951.